The minimum absolute atomic E-state index is 0.00821. The summed E-state index contributed by atoms with van der Waals surface area (Å²) in [4.78, 5) is 6.86. The van der Waals surface area contributed by atoms with E-state index in [0.717, 1.165) is 37.7 Å². The van der Waals surface area contributed by atoms with Crippen LogP contribution in [0, 0.1) is 18.3 Å². The summed E-state index contributed by atoms with van der Waals surface area (Å²) in [6, 6.07) is 14.4. The normalized spacial score (nSPS) is 14.2. The second-order valence-electron chi connectivity index (χ2n) is 9.27. The first kappa shape index (κ1) is 23.9. The maximum atomic E-state index is 13.4. The van der Waals surface area contributed by atoms with Crippen LogP contribution in [0.3, 0.4) is 0 Å². The van der Waals surface area contributed by atoms with Gasteiger partial charge in [-0.1, -0.05) is 12.1 Å². The molecule has 0 aliphatic carbocycles. The maximum absolute atomic E-state index is 13.4. The monoisotopic (exact) mass is 517 g/mol. The Kier molecular flexibility index (Phi) is 5.71. The largest absolute Gasteiger partial charge is 0.463 e. The molecule has 1 aliphatic rings. The second kappa shape index (κ2) is 9.10. The molecule has 0 amide bonds. The van der Waals surface area contributed by atoms with Gasteiger partial charge in [-0.05, 0) is 62.1 Å². The summed E-state index contributed by atoms with van der Waals surface area (Å²) >= 11 is 0. The average Bonchev–Trinajstić information content (AvgIpc) is 3.67. The highest BCUT2D eigenvalue weighted by Crippen LogP contribution is 2.43. The number of rotatable bonds is 4. The van der Waals surface area contributed by atoms with E-state index in [-0.39, 0.29) is 28.2 Å². The number of nitrogens with one attached hydrogen (secondary N) is 1. The summed E-state index contributed by atoms with van der Waals surface area (Å²) in [5.74, 6) is -0.647. The van der Waals surface area contributed by atoms with Crippen molar-refractivity contribution >= 4 is 16.7 Å². The average molecular weight is 518 g/mol. The number of furan rings is 2. The molecular weight excluding hydrogens is 495 g/mol. The van der Waals surface area contributed by atoms with Crippen LogP contribution in [0.5, 0.6) is 0 Å². The minimum Gasteiger partial charge on any atom is -0.463 e. The fraction of sp³-hybridized carbons (Fsp3) is 0.250. The predicted octanol–water partition coefficient (Wildman–Crippen LogP) is 7.33. The summed E-state index contributed by atoms with van der Waals surface area (Å²) in [6.07, 6.45) is 0.346. The predicted molar refractivity (Wildman–Crippen MR) is 135 cm³/mol. The van der Waals surface area contributed by atoms with Crippen LogP contribution in [0.4, 0.5) is 18.9 Å². The number of hydrogen-bond acceptors (Lipinski definition) is 6. The number of aromatic nitrogens is 3. The molecule has 5 aromatic rings. The van der Waals surface area contributed by atoms with Gasteiger partial charge < -0.3 is 13.7 Å². The standard InChI is InChI=1S/C28H22F3N5O2/c1-16-19(14-22(38-16)28(29,30)31)25-20(15-32)23(17-7-9-18(10-8-17)36-11-3-2-4-12-36)24-26(21-6-5-13-37-21)34-35-27(24)33-25/h5-10,13-14H,2-4,11-12H2,1H3,(H,33,34,35). The van der Waals surface area contributed by atoms with Crippen molar-refractivity contribution in [1.82, 2.24) is 15.2 Å². The van der Waals surface area contributed by atoms with Crippen LogP contribution in [-0.4, -0.2) is 28.3 Å². The number of halogens is 3. The van der Waals surface area contributed by atoms with E-state index in [1.165, 1.54) is 19.6 Å². The van der Waals surface area contributed by atoms with E-state index in [9.17, 15) is 18.4 Å². The zero-order valence-corrected chi connectivity index (χ0v) is 20.4. The zero-order chi connectivity index (χ0) is 26.4. The van der Waals surface area contributed by atoms with Gasteiger partial charge in [-0.15, -0.1) is 0 Å². The van der Waals surface area contributed by atoms with Gasteiger partial charge in [0.15, 0.2) is 11.4 Å². The molecule has 192 valence electrons. The molecule has 1 aliphatic heterocycles. The number of hydrogen-bond donors (Lipinski definition) is 1. The third-order valence-electron chi connectivity index (χ3n) is 6.91. The summed E-state index contributed by atoms with van der Waals surface area (Å²) in [5.41, 5.74) is 3.35. The highest BCUT2D eigenvalue weighted by atomic mass is 19.4. The topological polar surface area (TPSA) is 94.9 Å². The molecule has 0 unspecified atom stereocenters. The van der Waals surface area contributed by atoms with Crippen molar-refractivity contribution in [2.24, 2.45) is 0 Å². The zero-order valence-electron chi connectivity index (χ0n) is 20.4. The number of nitriles is 1. The molecule has 10 heteroatoms. The highest BCUT2D eigenvalue weighted by molar-refractivity contribution is 6.06. The van der Waals surface area contributed by atoms with Crippen molar-refractivity contribution in [3.05, 3.63) is 65.8 Å². The van der Waals surface area contributed by atoms with Crippen molar-refractivity contribution < 1.29 is 22.0 Å². The second-order valence-corrected chi connectivity index (χ2v) is 9.27. The molecule has 5 heterocycles. The summed E-state index contributed by atoms with van der Waals surface area (Å²) in [6.45, 7) is 3.39. The van der Waals surface area contributed by atoms with E-state index >= 15 is 0 Å². The number of aryl methyl sites for hydroxylation is 1. The van der Waals surface area contributed by atoms with E-state index in [1.807, 2.05) is 24.3 Å². The first-order chi connectivity index (χ1) is 18.3. The number of nitrogens with zero attached hydrogens (tertiary/aromatic N) is 4. The van der Waals surface area contributed by atoms with E-state index < -0.39 is 11.9 Å². The lowest BCUT2D eigenvalue weighted by Crippen LogP contribution is -2.29. The molecule has 0 radical (unpaired) electrons. The Labute approximate surface area is 215 Å². The van der Waals surface area contributed by atoms with E-state index in [0.29, 0.717) is 28.0 Å². The van der Waals surface area contributed by atoms with Crippen molar-refractivity contribution in [2.45, 2.75) is 32.4 Å². The van der Waals surface area contributed by atoms with Crippen molar-refractivity contribution in [2.75, 3.05) is 18.0 Å². The van der Waals surface area contributed by atoms with Crippen molar-refractivity contribution in [3.63, 3.8) is 0 Å². The van der Waals surface area contributed by atoms with Crippen LogP contribution in [0.25, 0.3) is 44.9 Å². The lowest BCUT2D eigenvalue weighted by molar-refractivity contribution is -0.153. The molecular formula is C28H22F3N5O2. The number of pyridine rings is 1. The fourth-order valence-electron chi connectivity index (χ4n) is 5.09. The third kappa shape index (κ3) is 4.00. The van der Waals surface area contributed by atoms with Gasteiger partial charge in [0.1, 0.15) is 17.5 Å². The number of fused-ring (bicyclic) bond motifs is 1. The van der Waals surface area contributed by atoms with Crippen LogP contribution in [0.1, 0.15) is 36.3 Å². The van der Waals surface area contributed by atoms with Crippen LogP contribution >= 0.6 is 0 Å². The molecule has 6 rings (SSSR count). The number of piperidine rings is 1. The number of alkyl halides is 3. The Morgan fingerprint density at radius 2 is 1.84 bits per heavy atom. The van der Waals surface area contributed by atoms with E-state index in [1.54, 1.807) is 12.1 Å². The first-order valence-electron chi connectivity index (χ1n) is 12.2. The van der Waals surface area contributed by atoms with Gasteiger partial charge in [-0.25, -0.2) is 4.98 Å². The molecule has 0 bridgehead atoms. The summed E-state index contributed by atoms with van der Waals surface area (Å²) < 4.78 is 50.9. The number of H-pyrrole nitrogens is 1. The first-order valence-corrected chi connectivity index (χ1v) is 12.2. The van der Waals surface area contributed by atoms with Gasteiger partial charge >= 0.3 is 6.18 Å². The Hall–Kier alpha value is -4.52. The van der Waals surface area contributed by atoms with Gasteiger partial charge in [0.25, 0.3) is 0 Å². The van der Waals surface area contributed by atoms with Crippen LogP contribution in [0.2, 0.25) is 0 Å². The molecule has 1 aromatic carbocycles. The summed E-state index contributed by atoms with van der Waals surface area (Å²) in [7, 11) is 0. The van der Waals surface area contributed by atoms with Crippen molar-refractivity contribution in [1.29, 1.82) is 5.26 Å². The third-order valence-corrected chi connectivity index (χ3v) is 6.91. The Balaban J connectivity index is 1.59. The Morgan fingerprint density at radius 3 is 2.47 bits per heavy atom. The molecule has 0 atom stereocenters. The van der Waals surface area contributed by atoms with Crippen LogP contribution < -0.4 is 4.90 Å². The van der Waals surface area contributed by atoms with Gasteiger partial charge in [0.05, 0.1) is 22.9 Å². The fourth-order valence-corrected chi connectivity index (χ4v) is 5.09. The van der Waals surface area contributed by atoms with Gasteiger partial charge in [0.2, 0.25) is 5.76 Å². The van der Waals surface area contributed by atoms with Crippen LogP contribution in [-0.2, 0) is 6.18 Å². The molecule has 1 saturated heterocycles. The number of aromatic amines is 1. The molecule has 1 fully saturated rings. The van der Waals surface area contributed by atoms with E-state index in [2.05, 4.69) is 26.2 Å². The highest BCUT2D eigenvalue weighted by Gasteiger charge is 2.37. The molecule has 4 aromatic heterocycles. The molecule has 0 spiro atoms. The SMILES string of the molecule is Cc1oc(C(F)(F)F)cc1-c1nc2n[nH]c(-c3ccco3)c2c(-c2ccc(N3CCCCC3)cc2)c1C#N. The van der Waals surface area contributed by atoms with Crippen molar-refractivity contribution in [3.8, 4) is 39.9 Å². The Bertz CT molecular complexity index is 1650. The quantitative estimate of drug-likeness (QED) is 0.268. The maximum Gasteiger partial charge on any atom is 0.449 e. The smallest absolute Gasteiger partial charge is 0.449 e. The summed E-state index contributed by atoms with van der Waals surface area (Å²) in [5, 5.41) is 18.2. The molecule has 7 nitrogen and oxygen atoms in total. The van der Waals surface area contributed by atoms with Gasteiger partial charge in [-0.2, -0.15) is 23.5 Å². The van der Waals surface area contributed by atoms with E-state index in [4.69, 9.17) is 8.83 Å². The number of benzene rings is 1. The molecule has 1 N–H and O–H groups in total. The van der Waals surface area contributed by atoms with Crippen LogP contribution in [0.15, 0.2) is 57.6 Å². The minimum atomic E-state index is -4.67. The molecule has 0 saturated carbocycles. The molecule has 38 heavy (non-hydrogen) atoms. The lowest BCUT2D eigenvalue weighted by Gasteiger charge is -2.29. The van der Waals surface area contributed by atoms with Gasteiger partial charge in [0, 0.05) is 29.9 Å². The van der Waals surface area contributed by atoms with Gasteiger partial charge in [-0.3, -0.25) is 5.10 Å². The number of anilines is 1. The Morgan fingerprint density at radius 1 is 1.08 bits per heavy atom. The lowest BCUT2D eigenvalue weighted by atomic mass is 9.92.